The first-order valence-corrected chi connectivity index (χ1v) is 5.91. The maximum absolute atomic E-state index is 8.85. The van der Waals surface area contributed by atoms with E-state index in [4.69, 9.17) is 14.4 Å². The van der Waals surface area contributed by atoms with Crippen LogP contribution in [-0.2, 0) is 6.42 Å². The average Bonchev–Trinajstić information content (AvgIpc) is 3.04. The monoisotopic (exact) mass is 259 g/mol. The Morgan fingerprint density at radius 1 is 1.42 bits per heavy atom. The molecule has 0 radical (unpaired) electrons. The van der Waals surface area contributed by atoms with Gasteiger partial charge >= 0.3 is 0 Å². The normalized spacial score (nSPS) is 11.1. The lowest BCUT2D eigenvalue weighted by Gasteiger charge is -1.99. The van der Waals surface area contributed by atoms with Gasteiger partial charge in [-0.2, -0.15) is 4.98 Å². The van der Waals surface area contributed by atoms with Crippen molar-refractivity contribution in [2.45, 2.75) is 6.42 Å². The Hall–Kier alpha value is -2.34. The highest BCUT2D eigenvalue weighted by Gasteiger charge is 2.13. The zero-order valence-corrected chi connectivity index (χ0v) is 10.4. The van der Waals surface area contributed by atoms with Crippen molar-refractivity contribution < 1.29 is 14.4 Å². The summed E-state index contributed by atoms with van der Waals surface area (Å²) in [5.41, 5.74) is 1.83. The number of benzene rings is 1. The topological polar surface area (TPSA) is 84.2 Å². The number of aliphatic hydroxyl groups excluding tert-OH is 1. The number of nitrogens with one attached hydrogen (secondary N) is 1. The van der Waals surface area contributed by atoms with Crippen LogP contribution in [0.5, 0.6) is 5.75 Å². The van der Waals surface area contributed by atoms with Crippen LogP contribution < -0.4 is 4.74 Å². The fraction of sp³-hybridized carbons (Fsp3) is 0.231. The molecule has 3 rings (SSSR count). The molecule has 0 bridgehead atoms. The summed E-state index contributed by atoms with van der Waals surface area (Å²) in [5, 5.41) is 13.7. The quantitative estimate of drug-likeness (QED) is 0.745. The molecule has 0 amide bonds. The van der Waals surface area contributed by atoms with Gasteiger partial charge in [0.05, 0.1) is 20.1 Å². The molecule has 2 heterocycles. The molecule has 0 aliphatic rings. The van der Waals surface area contributed by atoms with Crippen LogP contribution in [0.15, 0.2) is 28.9 Å². The summed E-state index contributed by atoms with van der Waals surface area (Å²) in [4.78, 5) is 7.40. The first-order chi connectivity index (χ1) is 9.31. The van der Waals surface area contributed by atoms with Gasteiger partial charge in [-0.3, -0.25) is 0 Å². The first-order valence-electron chi connectivity index (χ1n) is 5.91. The van der Waals surface area contributed by atoms with Gasteiger partial charge in [-0.15, -0.1) is 0 Å². The van der Waals surface area contributed by atoms with Crippen molar-refractivity contribution in [3.8, 4) is 17.1 Å². The molecule has 0 aliphatic carbocycles. The average molecular weight is 259 g/mol. The Bertz CT molecular complexity index is 702. The molecule has 3 aromatic rings. The van der Waals surface area contributed by atoms with Crippen LogP contribution in [0.4, 0.5) is 0 Å². The molecule has 0 saturated heterocycles. The number of aromatic nitrogens is 3. The maximum atomic E-state index is 8.85. The van der Waals surface area contributed by atoms with Gasteiger partial charge in [-0.05, 0) is 18.2 Å². The molecule has 0 saturated carbocycles. The number of rotatable bonds is 4. The predicted octanol–water partition coefficient (Wildman–Crippen LogP) is 1.76. The molecule has 2 aromatic heterocycles. The van der Waals surface area contributed by atoms with E-state index in [1.54, 1.807) is 7.11 Å². The lowest BCUT2D eigenvalue weighted by atomic mass is 10.1. The van der Waals surface area contributed by atoms with Gasteiger partial charge in [-0.25, -0.2) is 0 Å². The molecule has 0 spiro atoms. The molecular formula is C13H13N3O3. The Morgan fingerprint density at radius 3 is 3.11 bits per heavy atom. The number of methoxy groups -OCH3 is 1. The number of fused-ring (bicyclic) bond motifs is 1. The zero-order chi connectivity index (χ0) is 13.2. The highest BCUT2D eigenvalue weighted by atomic mass is 16.5. The molecule has 0 atom stereocenters. The predicted molar refractivity (Wildman–Crippen MR) is 68.9 cm³/mol. The number of ether oxygens (including phenoxy) is 1. The molecule has 6 heteroatoms. The fourth-order valence-corrected chi connectivity index (χ4v) is 1.97. The minimum Gasteiger partial charge on any atom is -0.497 e. The lowest BCUT2D eigenvalue weighted by molar-refractivity contribution is 0.274. The summed E-state index contributed by atoms with van der Waals surface area (Å²) in [6.45, 7) is -0.0106. The molecule has 0 fully saturated rings. The molecule has 0 aliphatic heterocycles. The van der Waals surface area contributed by atoms with Crippen LogP contribution in [0, 0.1) is 0 Å². The van der Waals surface area contributed by atoms with Crippen molar-refractivity contribution in [3.05, 3.63) is 30.3 Å². The SMILES string of the molecule is COc1ccc2[nH]cc(-c3noc(CCO)n3)c2c1. The Balaban J connectivity index is 2.07. The third-order valence-corrected chi connectivity index (χ3v) is 2.92. The van der Waals surface area contributed by atoms with E-state index < -0.39 is 0 Å². The summed E-state index contributed by atoms with van der Waals surface area (Å²) in [6, 6.07) is 5.74. The van der Waals surface area contributed by atoms with Crippen LogP contribution in [0.25, 0.3) is 22.3 Å². The fourth-order valence-electron chi connectivity index (χ4n) is 1.97. The Kier molecular flexibility index (Phi) is 2.92. The first kappa shape index (κ1) is 11.7. The van der Waals surface area contributed by atoms with Crippen molar-refractivity contribution in [2.24, 2.45) is 0 Å². The van der Waals surface area contributed by atoms with E-state index in [-0.39, 0.29) is 6.61 Å². The Morgan fingerprint density at radius 2 is 2.32 bits per heavy atom. The largest absolute Gasteiger partial charge is 0.497 e. The van der Waals surface area contributed by atoms with E-state index in [2.05, 4.69) is 15.1 Å². The lowest BCUT2D eigenvalue weighted by Crippen LogP contribution is -1.90. The van der Waals surface area contributed by atoms with Gasteiger partial charge in [0, 0.05) is 22.7 Å². The summed E-state index contributed by atoms with van der Waals surface area (Å²) in [7, 11) is 1.63. The van der Waals surface area contributed by atoms with Crippen LogP contribution in [0.1, 0.15) is 5.89 Å². The smallest absolute Gasteiger partial charge is 0.229 e. The molecule has 19 heavy (non-hydrogen) atoms. The highest BCUT2D eigenvalue weighted by Crippen LogP contribution is 2.29. The summed E-state index contributed by atoms with van der Waals surface area (Å²) >= 11 is 0. The van der Waals surface area contributed by atoms with E-state index in [0.717, 1.165) is 22.2 Å². The van der Waals surface area contributed by atoms with Gasteiger partial charge in [0.15, 0.2) is 0 Å². The number of hydrogen-bond acceptors (Lipinski definition) is 5. The molecule has 98 valence electrons. The third-order valence-electron chi connectivity index (χ3n) is 2.92. The van der Waals surface area contributed by atoms with Crippen molar-refractivity contribution in [1.29, 1.82) is 0 Å². The van der Waals surface area contributed by atoms with Crippen LogP contribution >= 0.6 is 0 Å². The second kappa shape index (κ2) is 4.74. The van der Waals surface area contributed by atoms with Crippen molar-refractivity contribution >= 4 is 10.9 Å². The van der Waals surface area contributed by atoms with E-state index in [1.807, 2.05) is 24.4 Å². The summed E-state index contributed by atoms with van der Waals surface area (Å²) in [6.07, 6.45) is 2.19. The van der Waals surface area contributed by atoms with Gasteiger partial charge in [0.1, 0.15) is 5.75 Å². The molecule has 6 nitrogen and oxygen atoms in total. The molecule has 2 N–H and O–H groups in total. The van der Waals surface area contributed by atoms with Crippen molar-refractivity contribution in [1.82, 2.24) is 15.1 Å². The Labute approximate surface area is 109 Å². The summed E-state index contributed by atoms with van der Waals surface area (Å²) < 4.78 is 10.3. The van der Waals surface area contributed by atoms with Crippen molar-refractivity contribution in [3.63, 3.8) is 0 Å². The number of aliphatic hydroxyl groups is 1. The number of H-pyrrole nitrogens is 1. The highest BCUT2D eigenvalue weighted by molar-refractivity contribution is 5.94. The molecule has 0 unspecified atom stereocenters. The van der Waals surface area contributed by atoms with Gasteiger partial charge in [0.2, 0.25) is 11.7 Å². The van der Waals surface area contributed by atoms with Crippen LogP contribution in [0.2, 0.25) is 0 Å². The van der Waals surface area contributed by atoms with Gasteiger partial charge < -0.3 is 19.4 Å². The van der Waals surface area contributed by atoms with E-state index in [9.17, 15) is 0 Å². The van der Waals surface area contributed by atoms with Crippen LogP contribution in [0.3, 0.4) is 0 Å². The zero-order valence-electron chi connectivity index (χ0n) is 10.4. The molecular weight excluding hydrogens is 246 g/mol. The van der Waals surface area contributed by atoms with Gasteiger partial charge in [-0.1, -0.05) is 5.16 Å². The maximum Gasteiger partial charge on any atom is 0.229 e. The van der Waals surface area contributed by atoms with Crippen molar-refractivity contribution in [2.75, 3.05) is 13.7 Å². The number of hydrogen-bond donors (Lipinski definition) is 2. The van der Waals surface area contributed by atoms with Gasteiger partial charge in [0.25, 0.3) is 0 Å². The number of nitrogens with zero attached hydrogens (tertiary/aromatic N) is 2. The van der Waals surface area contributed by atoms with E-state index in [0.29, 0.717) is 18.1 Å². The second-order valence-corrected chi connectivity index (χ2v) is 4.10. The minimum atomic E-state index is -0.0106. The molecule has 1 aromatic carbocycles. The third kappa shape index (κ3) is 2.06. The standard InChI is InChI=1S/C13H13N3O3/c1-18-8-2-3-11-9(6-8)10(7-14-11)13-15-12(4-5-17)19-16-13/h2-3,6-7,14,17H,4-5H2,1H3. The summed E-state index contributed by atoms with van der Waals surface area (Å²) in [5.74, 6) is 1.70. The van der Waals surface area contributed by atoms with Crippen LogP contribution in [-0.4, -0.2) is 33.9 Å². The van der Waals surface area contributed by atoms with E-state index >= 15 is 0 Å². The van der Waals surface area contributed by atoms with E-state index in [1.165, 1.54) is 0 Å². The number of aromatic amines is 1. The second-order valence-electron chi connectivity index (χ2n) is 4.10. The minimum absolute atomic E-state index is 0.0106.